The normalized spacial score (nSPS) is 13.6. The van der Waals surface area contributed by atoms with Crippen molar-refractivity contribution in [2.75, 3.05) is 0 Å². The van der Waals surface area contributed by atoms with Crippen LogP contribution in [-0.4, -0.2) is 16.2 Å². The van der Waals surface area contributed by atoms with E-state index in [2.05, 4.69) is 0 Å². The second kappa shape index (κ2) is 7.69. The number of rotatable bonds is 5. The highest BCUT2D eigenvalue weighted by Gasteiger charge is 2.38. The van der Waals surface area contributed by atoms with Crippen LogP contribution in [0.3, 0.4) is 0 Å². The first kappa shape index (κ1) is 18.3. The van der Waals surface area contributed by atoms with Crippen molar-refractivity contribution in [3.63, 3.8) is 0 Å². The van der Waals surface area contributed by atoms with Gasteiger partial charge in [-0.2, -0.15) is 0 Å². The number of carbonyl (C=O) groups excluding carboxylic acids is 1. The molecule has 0 aliphatic heterocycles. The van der Waals surface area contributed by atoms with E-state index in [1.165, 1.54) is 13.0 Å². The Labute approximate surface area is 150 Å². The molecule has 2 aromatic rings. The summed E-state index contributed by atoms with van der Waals surface area (Å²) in [5.41, 5.74) is 2.32. The van der Waals surface area contributed by atoms with E-state index in [-0.39, 0.29) is 5.12 Å². The molecule has 2 rings (SSSR count). The Balaban J connectivity index is 2.38. The van der Waals surface area contributed by atoms with E-state index in [0.29, 0.717) is 10.6 Å². The number of carbonyl (C=O) groups is 2. The summed E-state index contributed by atoms with van der Waals surface area (Å²) in [4.78, 5) is 23.6. The molecule has 2 aromatic carbocycles. The monoisotopic (exact) mass is 360 g/mol. The summed E-state index contributed by atoms with van der Waals surface area (Å²) in [7, 11) is 0. The fraction of sp³-hybridized carbons (Fsp3) is 0.158. The van der Waals surface area contributed by atoms with Crippen molar-refractivity contribution in [3.8, 4) is 11.1 Å². The number of thioether (sulfide) groups is 1. The van der Waals surface area contributed by atoms with Crippen LogP contribution in [0, 0.1) is 0 Å². The third kappa shape index (κ3) is 3.89. The summed E-state index contributed by atoms with van der Waals surface area (Å²) in [5.74, 6) is -1.06. The first-order valence-electron chi connectivity index (χ1n) is 7.33. The standard InChI is InChI=1S/C19H17ClO3S/c1-3-6-17(21)24-19(2,18(22)23)14-11-9-13(10-12-14)15-7-4-5-8-16(15)20/h3-12H,1-2H3,(H,22,23). The summed E-state index contributed by atoms with van der Waals surface area (Å²) in [6.07, 6.45) is 2.96. The first-order chi connectivity index (χ1) is 11.4. The number of carboxylic acids is 1. The molecule has 0 fully saturated rings. The van der Waals surface area contributed by atoms with Gasteiger partial charge in [-0.3, -0.25) is 9.59 Å². The minimum absolute atomic E-state index is 0.294. The minimum Gasteiger partial charge on any atom is -0.480 e. The summed E-state index contributed by atoms with van der Waals surface area (Å²) < 4.78 is -1.35. The van der Waals surface area contributed by atoms with Crippen molar-refractivity contribution in [3.05, 3.63) is 71.3 Å². The minimum atomic E-state index is -1.35. The fourth-order valence-electron chi connectivity index (χ4n) is 2.26. The van der Waals surface area contributed by atoms with Gasteiger partial charge >= 0.3 is 5.97 Å². The number of halogens is 1. The molecular formula is C19H17ClO3S. The molecular weight excluding hydrogens is 344 g/mol. The number of hydrogen-bond donors (Lipinski definition) is 1. The molecule has 0 amide bonds. The topological polar surface area (TPSA) is 54.4 Å². The van der Waals surface area contributed by atoms with Crippen LogP contribution in [0.25, 0.3) is 11.1 Å². The molecule has 1 unspecified atom stereocenters. The van der Waals surface area contributed by atoms with E-state index in [0.717, 1.165) is 22.9 Å². The fourth-order valence-corrected chi connectivity index (χ4v) is 3.45. The molecule has 0 aliphatic carbocycles. The van der Waals surface area contributed by atoms with Gasteiger partial charge < -0.3 is 5.11 Å². The second-order valence-corrected chi connectivity index (χ2v) is 7.15. The molecule has 0 heterocycles. The maximum atomic E-state index is 11.9. The Hall–Kier alpha value is -2.04. The van der Waals surface area contributed by atoms with E-state index in [9.17, 15) is 14.7 Å². The van der Waals surface area contributed by atoms with Crippen LogP contribution in [0.1, 0.15) is 19.4 Å². The summed E-state index contributed by atoms with van der Waals surface area (Å²) in [6, 6.07) is 14.5. The molecule has 0 saturated carbocycles. The lowest BCUT2D eigenvalue weighted by Crippen LogP contribution is -2.30. The lowest BCUT2D eigenvalue weighted by Gasteiger charge is -2.23. The number of aliphatic carboxylic acids is 1. The Morgan fingerprint density at radius 1 is 1.12 bits per heavy atom. The average molecular weight is 361 g/mol. The molecule has 1 atom stereocenters. The largest absolute Gasteiger partial charge is 0.480 e. The average Bonchev–Trinajstić information content (AvgIpc) is 2.55. The molecule has 1 N–H and O–H groups in total. The van der Waals surface area contributed by atoms with Crippen LogP contribution in [0.4, 0.5) is 0 Å². The second-order valence-electron chi connectivity index (χ2n) is 5.32. The van der Waals surface area contributed by atoms with Crippen LogP contribution in [0.2, 0.25) is 5.02 Å². The predicted molar refractivity (Wildman–Crippen MR) is 99.3 cm³/mol. The van der Waals surface area contributed by atoms with Crippen LogP contribution in [-0.2, 0) is 14.3 Å². The molecule has 0 aromatic heterocycles. The molecule has 0 spiro atoms. The molecule has 124 valence electrons. The zero-order valence-corrected chi connectivity index (χ0v) is 14.9. The highest BCUT2D eigenvalue weighted by Crippen LogP contribution is 2.38. The SMILES string of the molecule is CC=CC(=O)SC(C)(C(=O)O)c1ccc(-c2ccccc2Cl)cc1. The van der Waals surface area contributed by atoms with Crippen molar-refractivity contribution in [1.82, 2.24) is 0 Å². The smallest absolute Gasteiger partial charge is 0.324 e. The van der Waals surface area contributed by atoms with Gasteiger partial charge in [-0.15, -0.1) is 0 Å². The Bertz CT molecular complexity index is 783. The highest BCUT2D eigenvalue weighted by molar-refractivity contribution is 8.15. The van der Waals surface area contributed by atoms with Gasteiger partial charge in [-0.25, -0.2) is 0 Å². The Morgan fingerprint density at radius 2 is 1.75 bits per heavy atom. The van der Waals surface area contributed by atoms with Gasteiger partial charge in [0.15, 0.2) is 0 Å². The van der Waals surface area contributed by atoms with Crippen molar-refractivity contribution in [1.29, 1.82) is 0 Å². The van der Waals surface area contributed by atoms with Crippen molar-refractivity contribution in [2.24, 2.45) is 0 Å². The van der Waals surface area contributed by atoms with Crippen LogP contribution in [0.15, 0.2) is 60.7 Å². The molecule has 24 heavy (non-hydrogen) atoms. The van der Waals surface area contributed by atoms with Gasteiger partial charge in [0.2, 0.25) is 5.12 Å². The number of benzene rings is 2. The Morgan fingerprint density at radius 3 is 2.29 bits per heavy atom. The van der Waals surface area contributed by atoms with Gasteiger partial charge in [0.25, 0.3) is 0 Å². The number of carboxylic acid groups (broad SMARTS) is 1. The van der Waals surface area contributed by atoms with E-state index in [1.54, 1.807) is 31.2 Å². The first-order valence-corrected chi connectivity index (χ1v) is 8.52. The number of hydrogen-bond acceptors (Lipinski definition) is 3. The van der Waals surface area contributed by atoms with Crippen molar-refractivity contribution >= 4 is 34.4 Å². The van der Waals surface area contributed by atoms with Gasteiger partial charge in [-0.1, -0.05) is 71.9 Å². The van der Waals surface area contributed by atoms with Gasteiger partial charge in [0, 0.05) is 10.6 Å². The molecule has 0 saturated heterocycles. The van der Waals surface area contributed by atoms with Crippen LogP contribution >= 0.6 is 23.4 Å². The summed E-state index contributed by atoms with van der Waals surface area (Å²) >= 11 is 6.98. The predicted octanol–water partition coefficient (Wildman–Crippen LogP) is 5.14. The summed E-state index contributed by atoms with van der Waals surface area (Å²) in [5, 5.41) is 9.95. The van der Waals surface area contributed by atoms with Gasteiger partial charge in [0.1, 0.15) is 4.75 Å². The molecule has 0 radical (unpaired) electrons. The maximum Gasteiger partial charge on any atom is 0.324 e. The van der Waals surface area contributed by atoms with E-state index < -0.39 is 10.7 Å². The maximum absolute atomic E-state index is 11.9. The lowest BCUT2D eigenvalue weighted by molar-refractivity contribution is -0.139. The van der Waals surface area contributed by atoms with E-state index in [1.807, 2.05) is 30.3 Å². The lowest BCUT2D eigenvalue weighted by atomic mass is 9.97. The van der Waals surface area contributed by atoms with Crippen molar-refractivity contribution < 1.29 is 14.7 Å². The van der Waals surface area contributed by atoms with Crippen LogP contribution < -0.4 is 0 Å². The third-order valence-corrected chi connectivity index (χ3v) is 5.12. The number of allylic oxidation sites excluding steroid dienone is 1. The highest BCUT2D eigenvalue weighted by atomic mass is 35.5. The molecule has 3 nitrogen and oxygen atoms in total. The van der Waals surface area contributed by atoms with Gasteiger partial charge in [0.05, 0.1) is 0 Å². The zero-order chi connectivity index (χ0) is 17.7. The Kier molecular flexibility index (Phi) is 5.86. The van der Waals surface area contributed by atoms with Crippen LogP contribution in [0.5, 0.6) is 0 Å². The third-order valence-electron chi connectivity index (χ3n) is 3.64. The van der Waals surface area contributed by atoms with Gasteiger partial charge in [-0.05, 0) is 37.1 Å². The molecule has 0 aliphatic rings. The summed E-state index contributed by atoms with van der Waals surface area (Å²) in [6.45, 7) is 3.25. The molecule has 5 heteroatoms. The molecule has 0 bridgehead atoms. The quantitative estimate of drug-likeness (QED) is 0.750. The van der Waals surface area contributed by atoms with E-state index >= 15 is 0 Å². The van der Waals surface area contributed by atoms with E-state index in [4.69, 9.17) is 11.6 Å². The zero-order valence-electron chi connectivity index (χ0n) is 13.3. The van der Waals surface area contributed by atoms with Crippen molar-refractivity contribution in [2.45, 2.75) is 18.6 Å².